The lowest BCUT2D eigenvalue weighted by atomic mass is 9.82. The third-order valence-electron chi connectivity index (χ3n) is 8.34. The number of thiophene rings is 4. The molecule has 0 aromatic carbocycles. The Hall–Kier alpha value is -1.64. The maximum absolute atomic E-state index is 9.98. The quantitative estimate of drug-likeness (QED) is 0.118. The summed E-state index contributed by atoms with van der Waals surface area (Å²) in [5.74, 6) is 1.42. The Labute approximate surface area is 275 Å². The maximum atomic E-state index is 9.98. The first-order chi connectivity index (χ1) is 20.8. The average molecular weight is 659 g/mol. The predicted octanol–water partition coefficient (Wildman–Crippen LogP) is 13.0. The van der Waals surface area contributed by atoms with Crippen LogP contribution in [0.4, 0.5) is 0 Å². The molecule has 43 heavy (non-hydrogen) atoms. The van der Waals surface area contributed by atoms with Crippen LogP contribution in [0.5, 0.6) is 11.5 Å². The predicted molar refractivity (Wildman–Crippen MR) is 190 cm³/mol. The maximum Gasteiger partial charge on any atom is 0.140 e. The van der Waals surface area contributed by atoms with Crippen molar-refractivity contribution in [3.05, 3.63) is 56.9 Å². The van der Waals surface area contributed by atoms with Crippen molar-refractivity contribution >= 4 is 45.3 Å². The second-order valence-electron chi connectivity index (χ2n) is 12.3. The lowest BCUT2D eigenvalue weighted by molar-refractivity contribution is 0.0397. The molecular formula is C36H50O3S4. The molecule has 0 bridgehead atoms. The molecule has 2 N–H and O–H groups in total. The molecule has 0 fully saturated rings. The van der Waals surface area contributed by atoms with Crippen LogP contribution in [0.25, 0.3) is 19.5 Å². The van der Waals surface area contributed by atoms with E-state index >= 15 is 0 Å². The zero-order valence-electron chi connectivity index (χ0n) is 26.5. The van der Waals surface area contributed by atoms with E-state index in [9.17, 15) is 10.2 Å². The Kier molecular flexibility index (Phi) is 13.2. The molecule has 0 aliphatic carbocycles. The molecule has 7 heteroatoms. The lowest BCUT2D eigenvalue weighted by Crippen LogP contribution is -2.35. The first-order valence-corrected chi connectivity index (χ1v) is 19.7. The van der Waals surface area contributed by atoms with Crippen molar-refractivity contribution in [1.82, 2.24) is 0 Å². The van der Waals surface area contributed by atoms with E-state index in [1.165, 1.54) is 128 Å². The van der Waals surface area contributed by atoms with Gasteiger partial charge >= 0.3 is 0 Å². The van der Waals surface area contributed by atoms with Gasteiger partial charge in [0.15, 0.2) is 0 Å². The number of hydrogen-bond donors (Lipinski definition) is 2. The fourth-order valence-corrected chi connectivity index (χ4v) is 9.98. The molecule has 1 aliphatic heterocycles. The zero-order chi connectivity index (χ0) is 30.7. The average Bonchev–Trinajstić information content (AvgIpc) is 3.79. The number of fused-ring (bicyclic) bond motifs is 3. The van der Waals surface area contributed by atoms with Crippen LogP contribution < -0.4 is 4.74 Å². The van der Waals surface area contributed by atoms with E-state index in [1.807, 2.05) is 39.5 Å². The fourth-order valence-electron chi connectivity index (χ4n) is 5.97. The van der Waals surface area contributed by atoms with Gasteiger partial charge in [0.25, 0.3) is 0 Å². The molecule has 4 aromatic heterocycles. The van der Waals surface area contributed by atoms with E-state index in [1.54, 1.807) is 19.9 Å². The van der Waals surface area contributed by atoms with E-state index in [2.05, 4.69) is 36.7 Å². The number of unbranched alkanes of at least 4 members (excludes halogenated alkanes) is 10. The number of rotatable bonds is 16. The van der Waals surface area contributed by atoms with Gasteiger partial charge in [-0.15, -0.1) is 45.3 Å². The molecule has 4 aromatic rings. The smallest absolute Gasteiger partial charge is 0.140 e. The number of aromatic hydroxyl groups is 1. The van der Waals surface area contributed by atoms with Crippen LogP contribution in [0.1, 0.15) is 129 Å². The highest BCUT2D eigenvalue weighted by atomic mass is 32.1. The molecule has 0 saturated heterocycles. The Bertz CT molecular complexity index is 1340. The number of aliphatic hydroxyl groups is 1. The third kappa shape index (κ3) is 8.97. The molecule has 236 valence electrons. The molecular weight excluding hydrogens is 609 g/mol. The van der Waals surface area contributed by atoms with Gasteiger partial charge in [-0.05, 0) is 85.3 Å². The molecule has 0 saturated carbocycles. The molecule has 0 unspecified atom stereocenters. The SMILES string of the molecule is CC(C)(O)c1ccsc1-c1sccc1O.CCCCCCCCC1(CCCCCCCC)Oc2ccsc2-c2sccc21. The minimum Gasteiger partial charge on any atom is -0.506 e. The molecule has 0 atom stereocenters. The summed E-state index contributed by atoms with van der Waals surface area (Å²) in [5.41, 5.74) is 1.39. The molecule has 5 rings (SSSR count). The molecule has 1 aliphatic rings. The summed E-state index contributed by atoms with van der Waals surface area (Å²) in [5, 5.41) is 27.9. The molecule has 0 spiro atoms. The highest BCUT2D eigenvalue weighted by molar-refractivity contribution is 7.21. The van der Waals surface area contributed by atoms with Crippen LogP contribution in [0.15, 0.2) is 45.8 Å². The van der Waals surface area contributed by atoms with Gasteiger partial charge in [-0.25, -0.2) is 0 Å². The highest BCUT2D eigenvalue weighted by Gasteiger charge is 2.41. The van der Waals surface area contributed by atoms with Gasteiger partial charge in [0, 0.05) is 11.1 Å². The fraction of sp³-hybridized carbons (Fsp3) is 0.556. The van der Waals surface area contributed by atoms with E-state index in [0.29, 0.717) is 0 Å². The Morgan fingerprint density at radius 3 is 1.74 bits per heavy atom. The lowest BCUT2D eigenvalue weighted by Gasteiger charge is -2.38. The minimum atomic E-state index is -0.869. The van der Waals surface area contributed by atoms with Gasteiger partial charge in [0.2, 0.25) is 0 Å². The summed E-state index contributed by atoms with van der Waals surface area (Å²) in [6.45, 7) is 8.09. The molecule has 0 radical (unpaired) electrons. The van der Waals surface area contributed by atoms with Gasteiger partial charge in [-0.3, -0.25) is 0 Å². The van der Waals surface area contributed by atoms with Crippen LogP contribution in [0.2, 0.25) is 0 Å². The van der Waals surface area contributed by atoms with E-state index in [0.717, 1.165) is 21.1 Å². The van der Waals surface area contributed by atoms with Crippen molar-refractivity contribution in [2.75, 3.05) is 0 Å². The van der Waals surface area contributed by atoms with Gasteiger partial charge < -0.3 is 14.9 Å². The van der Waals surface area contributed by atoms with Crippen molar-refractivity contribution in [2.45, 2.75) is 129 Å². The van der Waals surface area contributed by atoms with Crippen molar-refractivity contribution in [3.63, 3.8) is 0 Å². The van der Waals surface area contributed by atoms with Crippen LogP contribution in [0.3, 0.4) is 0 Å². The highest BCUT2D eigenvalue weighted by Crippen LogP contribution is 2.53. The summed E-state index contributed by atoms with van der Waals surface area (Å²) >= 11 is 6.77. The largest absolute Gasteiger partial charge is 0.506 e. The summed E-state index contributed by atoms with van der Waals surface area (Å²) < 4.78 is 6.82. The van der Waals surface area contributed by atoms with E-state index < -0.39 is 5.60 Å². The third-order valence-corrected chi connectivity index (χ3v) is 12.3. The number of ether oxygens (including phenoxy) is 1. The number of hydrogen-bond acceptors (Lipinski definition) is 7. The topological polar surface area (TPSA) is 49.7 Å². The first kappa shape index (κ1) is 34.2. The Morgan fingerprint density at radius 2 is 1.14 bits per heavy atom. The van der Waals surface area contributed by atoms with Crippen LogP contribution in [0, 0.1) is 0 Å². The second kappa shape index (κ2) is 16.6. The van der Waals surface area contributed by atoms with Crippen molar-refractivity contribution in [1.29, 1.82) is 0 Å². The van der Waals surface area contributed by atoms with Crippen LogP contribution in [-0.2, 0) is 11.2 Å². The minimum absolute atomic E-state index is 0.0844. The zero-order valence-corrected chi connectivity index (χ0v) is 29.7. The Morgan fingerprint density at radius 1 is 0.628 bits per heavy atom. The molecule has 3 nitrogen and oxygen atoms in total. The summed E-state index contributed by atoms with van der Waals surface area (Å²) in [6.07, 6.45) is 18.5. The summed E-state index contributed by atoms with van der Waals surface area (Å²) in [7, 11) is 0. The molecule has 0 amide bonds. The molecule has 5 heterocycles. The summed E-state index contributed by atoms with van der Waals surface area (Å²) in [4.78, 5) is 4.62. The second-order valence-corrected chi connectivity index (χ2v) is 15.9. The van der Waals surface area contributed by atoms with Gasteiger partial charge in [0.1, 0.15) is 17.1 Å². The Balaban J connectivity index is 0.000000237. The van der Waals surface area contributed by atoms with Crippen LogP contribution >= 0.6 is 45.3 Å². The van der Waals surface area contributed by atoms with E-state index in [4.69, 9.17) is 4.74 Å². The van der Waals surface area contributed by atoms with Crippen molar-refractivity contribution < 1.29 is 14.9 Å². The van der Waals surface area contributed by atoms with Crippen molar-refractivity contribution in [2.24, 2.45) is 0 Å². The van der Waals surface area contributed by atoms with Gasteiger partial charge in [0.05, 0.1) is 25.1 Å². The van der Waals surface area contributed by atoms with E-state index in [-0.39, 0.29) is 11.4 Å². The van der Waals surface area contributed by atoms with Crippen molar-refractivity contribution in [3.8, 4) is 31.0 Å². The monoisotopic (exact) mass is 658 g/mol. The van der Waals surface area contributed by atoms with Crippen LogP contribution in [-0.4, -0.2) is 10.2 Å². The van der Waals surface area contributed by atoms with Gasteiger partial charge in [-0.1, -0.05) is 78.1 Å². The van der Waals surface area contributed by atoms with Gasteiger partial charge in [-0.2, -0.15) is 0 Å². The summed E-state index contributed by atoms with van der Waals surface area (Å²) in [6, 6.07) is 8.13. The first-order valence-electron chi connectivity index (χ1n) is 16.2. The standard InChI is InChI=1S/C25H38OS2.C11H12O2S2/c1-3-5-7-9-11-13-17-25(18-14-12-10-8-6-4-2)21-15-19-27-23(21)24-22(26-25)16-20-28-24;1-11(2,13)7-3-5-14-9(7)10-8(12)4-6-15-10/h15-16,19-20H,3-14,17-18H2,1-2H3;3-6,12-13H,1-2H3. The normalized spacial score (nSPS) is 13.6.